The molecule has 6 heteroatoms. The summed E-state index contributed by atoms with van der Waals surface area (Å²) in [6, 6.07) is 0.558. The van der Waals surface area contributed by atoms with Gasteiger partial charge in [-0.1, -0.05) is 0 Å². The second kappa shape index (κ2) is 5.60. The standard InChI is InChI=1S/C14H23N3O3/c18-13(19)10-3-4-11(8-10)15-14(20)17-7-6-16-5-1-2-12(16)9-17/h10-12H,1-9H2,(H,15,20)(H,18,19). The zero-order chi connectivity index (χ0) is 14.1. The fourth-order valence-electron chi connectivity index (χ4n) is 3.78. The van der Waals surface area contributed by atoms with Gasteiger partial charge in [-0.05, 0) is 38.6 Å². The molecular weight excluding hydrogens is 258 g/mol. The lowest BCUT2D eigenvalue weighted by molar-refractivity contribution is -0.141. The van der Waals surface area contributed by atoms with Crippen molar-refractivity contribution in [3.05, 3.63) is 0 Å². The third-order valence-electron chi connectivity index (χ3n) is 4.98. The van der Waals surface area contributed by atoms with Gasteiger partial charge in [0.05, 0.1) is 5.92 Å². The summed E-state index contributed by atoms with van der Waals surface area (Å²) in [7, 11) is 0. The molecule has 2 N–H and O–H groups in total. The number of carbonyl (C=O) groups excluding carboxylic acids is 1. The summed E-state index contributed by atoms with van der Waals surface area (Å²) in [6.07, 6.45) is 4.46. The predicted octanol–water partition coefficient (Wildman–Crippen LogP) is 0.729. The van der Waals surface area contributed by atoms with Crippen molar-refractivity contribution in [2.24, 2.45) is 5.92 Å². The van der Waals surface area contributed by atoms with E-state index in [-0.39, 0.29) is 18.0 Å². The van der Waals surface area contributed by atoms with E-state index in [1.807, 2.05) is 4.90 Å². The van der Waals surface area contributed by atoms with Crippen LogP contribution in [0.4, 0.5) is 4.79 Å². The minimum absolute atomic E-state index is 0.00686. The van der Waals surface area contributed by atoms with Crippen molar-refractivity contribution in [1.29, 1.82) is 0 Å². The number of carboxylic acid groups (broad SMARTS) is 1. The quantitative estimate of drug-likeness (QED) is 0.782. The van der Waals surface area contributed by atoms with E-state index >= 15 is 0 Å². The molecule has 3 unspecified atom stereocenters. The number of amides is 2. The Morgan fingerprint density at radius 3 is 2.70 bits per heavy atom. The smallest absolute Gasteiger partial charge is 0.317 e. The molecule has 1 aliphatic carbocycles. The first kappa shape index (κ1) is 13.7. The molecule has 2 heterocycles. The minimum Gasteiger partial charge on any atom is -0.481 e. The zero-order valence-electron chi connectivity index (χ0n) is 11.8. The average Bonchev–Trinajstić information content (AvgIpc) is 3.05. The largest absolute Gasteiger partial charge is 0.481 e. The second-order valence-corrected chi connectivity index (χ2v) is 6.27. The van der Waals surface area contributed by atoms with Crippen LogP contribution >= 0.6 is 0 Å². The van der Waals surface area contributed by atoms with Gasteiger partial charge in [-0.25, -0.2) is 4.79 Å². The summed E-state index contributed by atoms with van der Waals surface area (Å²) in [6.45, 7) is 3.75. The maximum Gasteiger partial charge on any atom is 0.317 e. The molecule has 2 saturated heterocycles. The first-order valence-corrected chi connectivity index (χ1v) is 7.66. The van der Waals surface area contributed by atoms with E-state index in [0.717, 1.165) is 26.1 Å². The summed E-state index contributed by atoms with van der Waals surface area (Å²) in [5.74, 6) is -1.02. The molecule has 0 spiro atoms. The average molecular weight is 281 g/mol. The van der Waals surface area contributed by atoms with Crippen molar-refractivity contribution in [3.8, 4) is 0 Å². The number of carboxylic acids is 1. The van der Waals surface area contributed by atoms with E-state index in [9.17, 15) is 9.59 Å². The second-order valence-electron chi connectivity index (χ2n) is 6.27. The number of hydrogen-bond donors (Lipinski definition) is 2. The van der Waals surface area contributed by atoms with E-state index in [1.165, 1.54) is 19.4 Å². The number of fused-ring (bicyclic) bond motifs is 1. The van der Waals surface area contributed by atoms with Crippen LogP contribution in [-0.2, 0) is 4.79 Å². The number of nitrogens with one attached hydrogen (secondary N) is 1. The summed E-state index contributed by atoms with van der Waals surface area (Å²) in [4.78, 5) is 27.6. The maximum absolute atomic E-state index is 12.3. The summed E-state index contributed by atoms with van der Waals surface area (Å²) < 4.78 is 0. The third kappa shape index (κ3) is 2.75. The van der Waals surface area contributed by atoms with E-state index in [0.29, 0.717) is 18.9 Å². The fraction of sp³-hybridized carbons (Fsp3) is 0.857. The Kier molecular flexibility index (Phi) is 3.83. The Balaban J connectivity index is 1.49. The van der Waals surface area contributed by atoms with Crippen LogP contribution in [0.25, 0.3) is 0 Å². The molecule has 2 amide bonds. The van der Waals surface area contributed by atoms with E-state index < -0.39 is 5.97 Å². The molecule has 3 rings (SSSR count). The molecule has 20 heavy (non-hydrogen) atoms. The number of piperazine rings is 1. The molecule has 112 valence electrons. The SMILES string of the molecule is O=C(O)C1CCC(NC(=O)N2CCN3CCCC3C2)C1. The Labute approximate surface area is 119 Å². The molecule has 1 saturated carbocycles. The Morgan fingerprint density at radius 2 is 1.95 bits per heavy atom. The maximum atomic E-state index is 12.3. The highest BCUT2D eigenvalue weighted by Gasteiger charge is 2.35. The summed E-state index contributed by atoms with van der Waals surface area (Å²) in [5.41, 5.74) is 0. The Morgan fingerprint density at radius 1 is 1.10 bits per heavy atom. The van der Waals surface area contributed by atoms with Crippen LogP contribution in [0, 0.1) is 5.92 Å². The van der Waals surface area contributed by atoms with Gasteiger partial charge >= 0.3 is 12.0 Å². The normalized spacial score (nSPS) is 34.0. The molecular formula is C14H23N3O3. The van der Waals surface area contributed by atoms with Gasteiger partial charge in [0.25, 0.3) is 0 Å². The van der Waals surface area contributed by atoms with Crippen LogP contribution in [0.5, 0.6) is 0 Å². The van der Waals surface area contributed by atoms with Crippen molar-refractivity contribution in [3.63, 3.8) is 0 Å². The summed E-state index contributed by atoms with van der Waals surface area (Å²) in [5, 5.41) is 12.0. The topological polar surface area (TPSA) is 72.9 Å². The Bertz CT molecular complexity index is 401. The van der Waals surface area contributed by atoms with Gasteiger partial charge in [0, 0.05) is 31.7 Å². The number of rotatable bonds is 2. The molecule has 0 radical (unpaired) electrons. The highest BCUT2D eigenvalue weighted by molar-refractivity contribution is 5.75. The Hall–Kier alpha value is -1.30. The van der Waals surface area contributed by atoms with Crippen molar-refractivity contribution in [2.45, 2.75) is 44.2 Å². The molecule has 3 aliphatic rings. The van der Waals surface area contributed by atoms with Crippen LogP contribution < -0.4 is 5.32 Å². The molecule has 6 nitrogen and oxygen atoms in total. The molecule has 2 aliphatic heterocycles. The van der Waals surface area contributed by atoms with Crippen molar-refractivity contribution in [2.75, 3.05) is 26.2 Å². The van der Waals surface area contributed by atoms with Gasteiger partial charge in [-0.15, -0.1) is 0 Å². The van der Waals surface area contributed by atoms with Crippen molar-refractivity contribution in [1.82, 2.24) is 15.1 Å². The third-order valence-corrected chi connectivity index (χ3v) is 4.98. The van der Waals surface area contributed by atoms with Crippen LogP contribution in [-0.4, -0.2) is 65.2 Å². The molecule has 0 aromatic carbocycles. The van der Waals surface area contributed by atoms with Gasteiger partial charge in [0.1, 0.15) is 0 Å². The number of aliphatic carboxylic acids is 1. The van der Waals surface area contributed by atoms with Gasteiger partial charge in [0.2, 0.25) is 0 Å². The van der Waals surface area contributed by atoms with Gasteiger partial charge in [-0.3, -0.25) is 9.69 Å². The molecule has 3 fully saturated rings. The minimum atomic E-state index is -0.735. The first-order valence-electron chi connectivity index (χ1n) is 7.66. The highest BCUT2D eigenvalue weighted by atomic mass is 16.4. The lowest BCUT2D eigenvalue weighted by Crippen LogP contribution is -2.55. The lowest BCUT2D eigenvalue weighted by Gasteiger charge is -2.37. The summed E-state index contributed by atoms with van der Waals surface area (Å²) >= 11 is 0. The number of carbonyl (C=O) groups is 2. The van der Waals surface area contributed by atoms with E-state index in [2.05, 4.69) is 10.2 Å². The van der Waals surface area contributed by atoms with Gasteiger partial charge in [0.15, 0.2) is 0 Å². The van der Waals surface area contributed by atoms with Crippen molar-refractivity contribution >= 4 is 12.0 Å². The predicted molar refractivity (Wildman–Crippen MR) is 73.5 cm³/mol. The fourth-order valence-corrected chi connectivity index (χ4v) is 3.78. The highest BCUT2D eigenvalue weighted by Crippen LogP contribution is 2.26. The number of urea groups is 1. The van der Waals surface area contributed by atoms with Crippen LogP contribution in [0.2, 0.25) is 0 Å². The molecule has 0 bridgehead atoms. The van der Waals surface area contributed by atoms with Gasteiger partial charge in [-0.2, -0.15) is 0 Å². The van der Waals surface area contributed by atoms with E-state index in [4.69, 9.17) is 5.11 Å². The van der Waals surface area contributed by atoms with Gasteiger partial charge < -0.3 is 15.3 Å². The van der Waals surface area contributed by atoms with Crippen molar-refractivity contribution < 1.29 is 14.7 Å². The van der Waals surface area contributed by atoms with Crippen LogP contribution in [0.1, 0.15) is 32.1 Å². The monoisotopic (exact) mass is 281 g/mol. The lowest BCUT2D eigenvalue weighted by atomic mass is 10.1. The zero-order valence-corrected chi connectivity index (χ0v) is 11.8. The molecule has 0 aromatic rings. The molecule has 0 aromatic heterocycles. The molecule has 3 atom stereocenters. The van der Waals surface area contributed by atoms with Crippen LogP contribution in [0.15, 0.2) is 0 Å². The first-order chi connectivity index (χ1) is 9.63. The number of nitrogens with zero attached hydrogens (tertiary/aromatic N) is 2. The van der Waals surface area contributed by atoms with Crippen LogP contribution in [0.3, 0.4) is 0 Å². The van der Waals surface area contributed by atoms with E-state index in [1.54, 1.807) is 0 Å². The number of hydrogen-bond acceptors (Lipinski definition) is 3.